The van der Waals surface area contributed by atoms with E-state index in [4.69, 9.17) is 0 Å². The van der Waals surface area contributed by atoms with Gasteiger partial charge in [-0.3, -0.25) is 14.6 Å². The predicted octanol–water partition coefficient (Wildman–Crippen LogP) is 3.30. The minimum Gasteiger partial charge on any atom is -0.469 e. The van der Waals surface area contributed by atoms with Crippen LogP contribution in [0.3, 0.4) is 0 Å². The zero-order valence-electron chi connectivity index (χ0n) is 15.5. The molecule has 5 heteroatoms. The van der Waals surface area contributed by atoms with E-state index in [2.05, 4.69) is 40.9 Å². The van der Waals surface area contributed by atoms with Crippen molar-refractivity contribution < 1.29 is 14.3 Å². The van der Waals surface area contributed by atoms with Crippen molar-refractivity contribution in [3.05, 3.63) is 65.5 Å². The highest BCUT2D eigenvalue weighted by Gasteiger charge is 2.16. The third-order valence-electron chi connectivity index (χ3n) is 4.22. The van der Waals surface area contributed by atoms with Gasteiger partial charge in [-0.1, -0.05) is 35.9 Å². The first-order valence-electron chi connectivity index (χ1n) is 8.88. The van der Waals surface area contributed by atoms with E-state index in [0.29, 0.717) is 19.5 Å². The second kappa shape index (κ2) is 10.3. The Morgan fingerprint density at radius 2 is 1.85 bits per heavy atom. The van der Waals surface area contributed by atoms with E-state index in [0.717, 1.165) is 18.5 Å². The average Bonchev–Trinajstić information content (AvgIpc) is 2.67. The van der Waals surface area contributed by atoms with Crippen molar-refractivity contribution in [1.82, 2.24) is 9.88 Å². The largest absolute Gasteiger partial charge is 0.469 e. The summed E-state index contributed by atoms with van der Waals surface area (Å²) in [5.41, 5.74) is 3.27. The molecule has 0 aliphatic rings. The van der Waals surface area contributed by atoms with E-state index in [1.54, 1.807) is 11.1 Å². The summed E-state index contributed by atoms with van der Waals surface area (Å²) < 4.78 is 4.69. The van der Waals surface area contributed by atoms with Crippen LogP contribution in [0.1, 0.15) is 36.1 Å². The van der Waals surface area contributed by atoms with E-state index in [-0.39, 0.29) is 18.3 Å². The highest BCUT2D eigenvalue weighted by molar-refractivity contribution is 5.77. The molecule has 0 unspecified atom stereocenters. The summed E-state index contributed by atoms with van der Waals surface area (Å²) in [4.78, 5) is 30.0. The number of benzene rings is 1. The molecule has 0 spiro atoms. The van der Waals surface area contributed by atoms with Gasteiger partial charge >= 0.3 is 5.97 Å². The van der Waals surface area contributed by atoms with Gasteiger partial charge in [0.1, 0.15) is 0 Å². The maximum atomic E-state index is 12.6. The lowest BCUT2D eigenvalue weighted by Crippen LogP contribution is -2.33. The number of nitrogens with zero attached hydrogens (tertiary/aromatic N) is 2. The Bertz CT molecular complexity index is 699. The molecule has 0 atom stereocenters. The van der Waals surface area contributed by atoms with Crippen LogP contribution in [-0.4, -0.2) is 35.4 Å². The summed E-state index contributed by atoms with van der Waals surface area (Å²) in [5.74, 6) is -0.282. The number of carbonyl (C=O) groups is 2. The number of carbonyl (C=O) groups excluding carboxylic acids is 2. The smallest absolute Gasteiger partial charge is 0.307 e. The van der Waals surface area contributed by atoms with Crippen molar-refractivity contribution in [1.29, 1.82) is 0 Å². The zero-order chi connectivity index (χ0) is 18.8. The maximum absolute atomic E-state index is 12.6. The Balaban J connectivity index is 1.90. The summed E-state index contributed by atoms with van der Waals surface area (Å²) in [6.07, 6.45) is 3.98. The Morgan fingerprint density at radius 1 is 1.08 bits per heavy atom. The molecule has 0 radical (unpaired) electrons. The molecule has 2 rings (SSSR count). The molecule has 138 valence electrons. The van der Waals surface area contributed by atoms with Crippen molar-refractivity contribution in [2.45, 2.75) is 39.2 Å². The molecule has 0 N–H and O–H groups in total. The quantitative estimate of drug-likeness (QED) is 0.648. The van der Waals surface area contributed by atoms with E-state index < -0.39 is 0 Å². The Morgan fingerprint density at radius 3 is 2.50 bits per heavy atom. The first-order chi connectivity index (χ1) is 12.6. The number of aromatic nitrogens is 1. The van der Waals surface area contributed by atoms with Gasteiger partial charge < -0.3 is 9.64 Å². The van der Waals surface area contributed by atoms with Gasteiger partial charge in [0.25, 0.3) is 0 Å². The number of esters is 1. The van der Waals surface area contributed by atoms with Crippen LogP contribution >= 0.6 is 0 Å². The Kier molecular flexibility index (Phi) is 7.80. The average molecular weight is 354 g/mol. The molecule has 0 fully saturated rings. The lowest BCUT2D eigenvalue weighted by Gasteiger charge is -2.22. The molecule has 2 aromatic rings. The lowest BCUT2D eigenvalue weighted by molar-refractivity contribution is -0.142. The van der Waals surface area contributed by atoms with Gasteiger partial charge in [0, 0.05) is 19.2 Å². The monoisotopic (exact) mass is 354 g/mol. The molecular formula is C21H26N2O3. The molecule has 0 saturated heterocycles. The van der Waals surface area contributed by atoms with Crippen LogP contribution in [0.15, 0.2) is 48.7 Å². The van der Waals surface area contributed by atoms with Crippen LogP contribution in [0.4, 0.5) is 0 Å². The van der Waals surface area contributed by atoms with Crippen LogP contribution in [0.25, 0.3) is 0 Å². The van der Waals surface area contributed by atoms with Gasteiger partial charge in [0.05, 0.1) is 25.8 Å². The third-order valence-corrected chi connectivity index (χ3v) is 4.22. The molecule has 1 aromatic carbocycles. The number of ether oxygens (including phenoxy) is 1. The predicted molar refractivity (Wildman–Crippen MR) is 100 cm³/mol. The summed E-state index contributed by atoms with van der Waals surface area (Å²) in [6, 6.07) is 14.0. The topological polar surface area (TPSA) is 59.5 Å². The zero-order valence-corrected chi connectivity index (χ0v) is 15.5. The van der Waals surface area contributed by atoms with Crippen LogP contribution in [0.2, 0.25) is 0 Å². The third kappa shape index (κ3) is 6.67. The number of amides is 1. The molecule has 26 heavy (non-hydrogen) atoms. The van der Waals surface area contributed by atoms with Crippen molar-refractivity contribution in [2.24, 2.45) is 0 Å². The summed E-state index contributed by atoms with van der Waals surface area (Å²) in [6.45, 7) is 2.80. The molecule has 1 amide bonds. The van der Waals surface area contributed by atoms with E-state index in [1.165, 1.54) is 18.2 Å². The fourth-order valence-corrected chi connectivity index (χ4v) is 2.66. The summed E-state index contributed by atoms with van der Waals surface area (Å²) >= 11 is 0. The molecule has 0 aliphatic heterocycles. The normalized spacial score (nSPS) is 10.4. The Labute approximate surface area is 155 Å². The van der Waals surface area contributed by atoms with Gasteiger partial charge in [-0.2, -0.15) is 0 Å². The minimum absolute atomic E-state index is 0.0340. The standard InChI is InChI=1S/C21H26N2O3/c1-17-9-11-18(12-10-17)6-5-8-20(24)23(15-13-21(25)26-2)16-19-7-3-4-14-22-19/h3-4,7,9-12,14H,5-6,8,13,15-16H2,1-2H3. The van der Waals surface area contributed by atoms with Crippen LogP contribution in [0, 0.1) is 6.92 Å². The number of hydrogen-bond acceptors (Lipinski definition) is 4. The molecular weight excluding hydrogens is 328 g/mol. The second-order valence-electron chi connectivity index (χ2n) is 6.30. The second-order valence-corrected chi connectivity index (χ2v) is 6.30. The number of rotatable bonds is 9. The van der Waals surface area contributed by atoms with Gasteiger partial charge in [-0.15, -0.1) is 0 Å². The van der Waals surface area contributed by atoms with Gasteiger partial charge in [-0.25, -0.2) is 0 Å². The van der Waals surface area contributed by atoms with Gasteiger partial charge in [-0.05, 0) is 37.5 Å². The van der Waals surface area contributed by atoms with Crippen LogP contribution < -0.4 is 0 Å². The first kappa shape index (κ1) is 19.6. The summed E-state index contributed by atoms with van der Waals surface area (Å²) in [7, 11) is 1.36. The Hall–Kier alpha value is -2.69. The van der Waals surface area contributed by atoms with E-state index >= 15 is 0 Å². The van der Waals surface area contributed by atoms with Gasteiger partial charge in [0.15, 0.2) is 0 Å². The minimum atomic E-state index is -0.316. The summed E-state index contributed by atoms with van der Waals surface area (Å²) in [5, 5.41) is 0. The van der Waals surface area contributed by atoms with Crippen molar-refractivity contribution >= 4 is 11.9 Å². The molecule has 0 bridgehead atoms. The van der Waals surface area contributed by atoms with Crippen molar-refractivity contribution in [3.63, 3.8) is 0 Å². The molecule has 0 aliphatic carbocycles. The van der Waals surface area contributed by atoms with Crippen molar-refractivity contribution in [2.75, 3.05) is 13.7 Å². The van der Waals surface area contributed by atoms with Crippen LogP contribution in [-0.2, 0) is 27.3 Å². The maximum Gasteiger partial charge on any atom is 0.307 e. The number of aryl methyl sites for hydroxylation is 2. The number of hydrogen-bond donors (Lipinski definition) is 0. The van der Waals surface area contributed by atoms with E-state index in [1.807, 2.05) is 18.2 Å². The first-order valence-corrected chi connectivity index (χ1v) is 8.88. The molecule has 1 aromatic heterocycles. The lowest BCUT2D eigenvalue weighted by atomic mass is 10.1. The molecule has 0 saturated carbocycles. The fourth-order valence-electron chi connectivity index (χ4n) is 2.66. The number of pyridine rings is 1. The SMILES string of the molecule is COC(=O)CCN(Cc1ccccn1)C(=O)CCCc1ccc(C)cc1. The molecule has 1 heterocycles. The fraction of sp³-hybridized carbons (Fsp3) is 0.381. The van der Waals surface area contributed by atoms with Gasteiger partial charge in [0.2, 0.25) is 5.91 Å². The van der Waals surface area contributed by atoms with E-state index in [9.17, 15) is 9.59 Å². The van der Waals surface area contributed by atoms with Crippen LogP contribution in [0.5, 0.6) is 0 Å². The molecule has 5 nitrogen and oxygen atoms in total. The van der Waals surface area contributed by atoms with Crippen molar-refractivity contribution in [3.8, 4) is 0 Å². The highest BCUT2D eigenvalue weighted by atomic mass is 16.5. The number of methoxy groups -OCH3 is 1. The highest BCUT2D eigenvalue weighted by Crippen LogP contribution is 2.10.